The van der Waals surface area contributed by atoms with Gasteiger partial charge >= 0.3 is 6.09 Å². The van der Waals surface area contributed by atoms with Crippen LogP contribution in [0.4, 0.5) is 4.79 Å². The number of rotatable bonds is 7. The zero-order valence-electron chi connectivity index (χ0n) is 22.5. The van der Waals surface area contributed by atoms with Gasteiger partial charge in [-0.2, -0.15) is 0 Å². The molecule has 2 aliphatic rings. The Labute approximate surface area is 232 Å². The van der Waals surface area contributed by atoms with Crippen LogP contribution < -0.4 is 15.0 Å². The molecule has 0 radical (unpaired) electrons. The Kier molecular flexibility index (Phi) is 7.17. The number of nitrogens with zero attached hydrogens (tertiary/aromatic N) is 5. The van der Waals surface area contributed by atoms with Crippen LogP contribution in [0.25, 0.3) is 16.6 Å². The fourth-order valence-electron chi connectivity index (χ4n) is 5.77. The Balaban J connectivity index is 1.12. The van der Waals surface area contributed by atoms with Crippen LogP contribution in [0.5, 0.6) is 11.5 Å². The first-order chi connectivity index (χ1) is 19.5. The van der Waals surface area contributed by atoms with Gasteiger partial charge < -0.3 is 33.5 Å². The molecule has 4 aromatic rings. The van der Waals surface area contributed by atoms with E-state index < -0.39 is 6.09 Å². The Morgan fingerprint density at radius 2 is 1.85 bits per heavy atom. The third-order valence-corrected chi connectivity index (χ3v) is 7.95. The van der Waals surface area contributed by atoms with Gasteiger partial charge in [-0.1, -0.05) is 12.1 Å². The van der Waals surface area contributed by atoms with Crippen LogP contribution in [0.1, 0.15) is 24.0 Å². The molecule has 2 aromatic heterocycles. The monoisotopic (exact) mass is 543 g/mol. The largest absolute Gasteiger partial charge is 0.486 e. The number of ether oxygens (including phenoxy) is 2. The van der Waals surface area contributed by atoms with Crippen LogP contribution in [-0.2, 0) is 13.1 Å². The summed E-state index contributed by atoms with van der Waals surface area (Å²) < 4.78 is 15.0. The molecule has 10 heteroatoms. The van der Waals surface area contributed by atoms with Crippen molar-refractivity contribution < 1.29 is 19.4 Å². The molecule has 0 atom stereocenters. The first-order valence-corrected chi connectivity index (χ1v) is 13.7. The van der Waals surface area contributed by atoms with Crippen LogP contribution in [0.3, 0.4) is 0 Å². The van der Waals surface area contributed by atoms with Gasteiger partial charge in [0.1, 0.15) is 13.2 Å². The molecule has 2 aromatic carbocycles. The summed E-state index contributed by atoms with van der Waals surface area (Å²) in [5.74, 6) is 1.36. The molecule has 1 fully saturated rings. The van der Waals surface area contributed by atoms with Crippen molar-refractivity contribution in [3.8, 4) is 17.2 Å². The number of benzene rings is 2. The highest BCUT2D eigenvalue weighted by Gasteiger charge is 2.28. The van der Waals surface area contributed by atoms with Gasteiger partial charge in [0.15, 0.2) is 11.5 Å². The number of carbonyl (C=O) groups is 1. The number of hydrogen-bond donors (Lipinski definition) is 1. The zero-order valence-corrected chi connectivity index (χ0v) is 22.5. The van der Waals surface area contributed by atoms with Crippen molar-refractivity contribution in [3.05, 3.63) is 82.7 Å². The maximum atomic E-state index is 13.0. The van der Waals surface area contributed by atoms with Gasteiger partial charge in [0.25, 0.3) is 5.56 Å². The highest BCUT2D eigenvalue weighted by atomic mass is 16.6. The molecular formula is C30H33N5O5. The van der Waals surface area contributed by atoms with E-state index in [9.17, 15) is 14.7 Å². The normalized spacial score (nSPS) is 15.8. The molecule has 0 aliphatic carbocycles. The Hall–Kier alpha value is -4.31. The van der Waals surface area contributed by atoms with Crippen molar-refractivity contribution >= 4 is 17.0 Å². The molecule has 4 heterocycles. The van der Waals surface area contributed by atoms with E-state index in [4.69, 9.17) is 9.47 Å². The second kappa shape index (κ2) is 11.1. The van der Waals surface area contributed by atoms with E-state index in [1.807, 2.05) is 52.6 Å². The van der Waals surface area contributed by atoms with Crippen LogP contribution >= 0.6 is 0 Å². The minimum absolute atomic E-state index is 0.0147. The van der Waals surface area contributed by atoms with E-state index in [0.29, 0.717) is 37.8 Å². The average molecular weight is 544 g/mol. The van der Waals surface area contributed by atoms with Crippen molar-refractivity contribution in [2.75, 3.05) is 32.8 Å². The summed E-state index contributed by atoms with van der Waals surface area (Å²) in [6, 6.07) is 13.4. The second-order valence-corrected chi connectivity index (χ2v) is 10.4. The summed E-state index contributed by atoms with van der Waals surface area (Å²) in [4.78, 5) is 33.2. The van der Waals surface area contributed by atoms with Crippen molar-refractivity contribution in [2.24, 2.45) is 0 Å². The SMILES string of the molecule is Cc1cc(=O)n(CCN2CCC(N(Cc3ccc4c(c3)OCCO4)C(=O)O)CC2)c2cc(-n3ccnc3)ccc12. The second-order valence-electron chi connectivity index (χ2n) is 10.4. The Morgan fingerprint density at radius 1 is 1.05 bits per heavy atom. The number of imidazole rings is 1. The summed E-state index contributed by atoms with van der Waals surface area (Å²) in [5.41, 5.74) is 3.69. The van der Waals surface area contributed by atoms with E-state index >= 15 is 0 Å². The van der Waals surface area contributed by atoms with E-state index in [2.05, 4.69) is 16.0 Å². The Morgan fingerprint density at radius 3 is 2.60 bits per heavy atom. The van der Waals surface area contributed by atoms with E-state index in [1.54, 1.807) is 23.5 Å². The molecule has 40 heavy (non-hydrogen) atoms. The maximum Gasteiger partial charge on any atom is 0.407 e. The van der Waals surface area contributed by atoms with Gasteiger partial charge in [0, 0.05) is 68.3 Å². The minimum Gasteiger partial charge on any atom is -0.486 e. The number of hydrogen-bond acceptors (Lipinski definition) is 6. The van der Waals surface area contributed by atoms with Crippen LogP contribution in [0.15, 0.2) is 66.0 Å². The maximum absolute atomic E-state index is 13.0. The molecule has 1 saturated heterocycles. The van der Waals surface area contributed by atoms with Crippen molar-refractivity contribution in [3.63, 3.8) is 0 Å². The number of aromatic nitrogens is 3. The lowest BCUT2D eigenvalue weighted by Gasteiger charge is -2.37. The standard InChI is InChI=1S/C30H33N5O5/c1-21-16-29(36)34(26-18-24(3-4-25(21)26)33-11-8-31-20-33)13-12-32-9-6-23(7-10-32)35(30(37)38)19-22-2-5-27-28(17-22)40-15-14-39-27/h2-5,8,11,16-18,20,23H,6-7,9-10,12-15,19H2,1H3,(H,37,38). The van der Waals surface area contributed by atoms with Gasteiger partial charge in [-0.15, -0.1) is 0 Å². The molecule has 1 N–H and O–H groups in total. The lowest BCUT2D eigenvalue weighted by molar-refractivity contribution is 0.0856. The summed E-state index contributed by atoms with van der Waals surface area (Å²) in [6.07, 6.45) is 5.94. The number of fused-ring (bicyclic) bond motifs is 2. The first-order valence-electron chi connectivity index (χ1n) is 13.7. The molecule has 0 bridgehead atoms. The minimum atomic E-state index is -0.917. The molecule has 10 nitrogen and oxygen atoms in total. The molecule has 0 unspecified atom stereocenters. The third-order valence-electron chi connectivity index (χ3n) is 7.95. The van der Waals surface area contributed by atoms with Gasteiger partial charge in [-0.25, -0.2) is 9.78 Å². The quantitative estimate of drug-likeness (QED) is 0.377. The smallest absolute Gasteiger partial charge is 0.407 e. The first kappa shape index (κ1) is 25.9. The number of piperidine rings is 1. The number of aryl methyl sites for hydroxylation is 1. The fourth-order valence-corrected chi connectivity index (χ4v) is 5.77. The van der Waals surface area contributed by atoms with Gasteiger partial charge in [0.05, 0.1) is 11.8 Å². The summed E-state index contributed by atoms with van der Waals surface area (Å²) in [7, 11) is 0. The lowest BCUT2D eigenvalue weighted by Crippen LogP contribution is -2.47. The Bertz CT molecular complexity index is 1570. The molecule has 0 spiro atoms. The van der Waals surface area contributed by atoms with Crippen LogP contribution in [-0.4, -0.2) is 74.0 Å². The molecule has 1 amide bonds. The topological polar surface area (TPSA) is 102 Å². The summed E-state index contributed by atoms with van der Waals surface area (Å²) in [5, 5.41) is 11.1. The lowest BCUT2D eigenvalue weighted by atomic mass is 10.0. The predicted molar refractivity (Wildman–Crippen MR) is 151 cm³/mol. The van der Waals surface area contributed by atoms with Crippen LogP contribution in [0.2, 0.25) is 0 Å². The average Bonchev–Trinajstić information content (AvgIpc) is 3.51. The summed E-state index contributed by atoms with van der Waals surface area (Å²) in [6.45, 7) is 6.11. The molecular weight excluding hydrogens is 510 g/mol. The van der Waals surface area contributed by atoms with Crippen molar-refractivity contribution in [1.29, 1.82) is 0 Å². The van der Waals surface area contributed by atoms with Gasteiger partial charge in [0.2, 0.25) is 0 Å². The van der Waals surface area contributed by atoms with Crippen LogP contribution in [0, 0.1) is 6.92 Å². The molecule has 2 aliphatic heterocycles. The third kappa shape index (κ3) is 5.27. The number of likely N-dealkylation sites (tertiary alicyclic amines) is 1. The number of amides is 1. The number of carboxylic acid groups (broad SMARTS) is 1. The highest BCUT2D eigenvalue weighted by molar-refractivity contribution is 5.84. The molecule has 0 saturated carbocycles. The van der Waals surface area contributed by atoms with Crippen molar-refractivity contribution in [2.45, 2.75) is 38.9 Å². The summed E-state index contributed by atoms with van der Waals surface area (Å²) >= 11 is 0. The fraction of sp³-hybridized carbons (Fsp3) is 0.367. The van der Waals surface area contributed by atoms with Crippen molar-refractivity contribution in [1.82, 2.24) is 23.9 Å². The van der Waals surface area contributed by atoms with E-state index in [-0.39, 0.29) is 11.6 Å². The van der Waals surface area contributed by atoms with E-state index in [1.165, 1.54) is 0 Å². The zero-order chi connectivity index (χ0) is 27.6. The highest BCUT2D eigenvalue weighted by Crippen LogP contribution is 2.32. The molecule has 6 rings (SSSR count). The van der Waals surface area contributed by atoms with Gasteiger partial charge in [-0.05, 0) is 55.2 Å². The predicted octanol–water partition coefficient (Wildman–Crippen LogP) is 3.91. The molecule has 208 valence electrons. The van der Waals surface area contributed by atoms with E-state index in [0.717, 1.165) is 60.2 Å². The van der Waals surface area contributed by atoms with Gasteiger partial charge in [-0.3, -0.25) is 4.79 Å². The number of pyridine rings is 1.